The van der Waals surface area contributed by atoms with Crippen molar-refractivity contribution in [2.24, 2.45) is 0 Å². The molecule has 2 aromatic rings. The van der Waals surface area contributed by atoms with E-state index in [9.17, 15) is 9.59 Å². The molecule has 6 heteroatoms. The SMILES string of the molecule is COc1ccc(C(C)NC(=O)CCC(=O)c2cc(Cl)ccc2OC)cc1. The molecule has 0 heterocycles. The number of Topliss-reactive ketones (excluding diaryl/α,β-unsaturated/α-hetero) is 1. The molecule has 0 fully saturated rings. The van der Waals surface area contributed by atoms with Crippen LogP contribution in [0.25, 0.3) is 0 Å². The number of hydrogen-bond donors (Lipinski definition) is 1. The molecule has 0 bridgehead atoms. The lowest BCUT2D eigenvalue weighted by atomic mass is 10.0. The van der Waals surface area contributed by atoms with Crippen LogP contribution >= 0.6 is 11.6 Å². The minimum atomic E-state index is -0.192. The molecule has 1 atom stereocenters. The fourth-order valence-electron chi connectivity index (χ4n) is 2.55. The molecule has 5 nitrogen and oxygen atoms in total. The third-order valence-corrected chi connectivity index (χ3v) is 4.27. The van der Waals surface area contributed by atoms with Crippen molar-refractivity contribution in [3.8, 4) is 11.5 Å². The molecule has 1 unspecified atom stereocenters. The molecule has 1 amide bonds. The zero-order valence-corrected chi connectivity index (χ0v) is 15.8. The van der Waals surface area contributed by atoms with Crippen LogP contribution in [-0.2, 0) is 4.79 Å². The van der Waals surface area contributed by atoms with Gasteiger partial charge in [-0.15, -0.1) is 0 Å². The summed E-state index contributed by atoms with van der Waals surface area (Å²) in [6.45, 7) is 1.89. The first-order valence-corrected chi connectivity index (χ1v) is 8.62. The van der Waals surface area contributed by atoms with Gasteiger partial charge < -0.3 is 14.8 Å². The zero-order chi connectivity index (χ0) is 19.1. The maximum Gasteiger partial charge on any atom is 0.220 e. The summed E-state index contributed by atoms with van der Waals surface area (Å²) in [6, 6.07) is 12.2. The summed E-state index contributed by atoms with van der Waals surface area (Å²) in [7, 11) is 3.09. The van der Waals surface area contributed by atoms with Gasteiger partial charge in [-0.1, -0.05) is 23.7 Å². The van der Waals surface area contributed by atoms with Crippen LogP contribution < -0.4 is 14.8 Å². The Hall–Kier alpha value is -2.53. The lowest BCUT2D eigenvalue weighted by molar-refractivity contribution is -0.121. The Morgan fingerprint density at radius 3 is 2.35 bits per heavy atom. The number of carbonyl (C=O) groups is 2. The molecular weight excluding hydrogens is 354 g/mol. The van der Waals surface area contributed by atoms with Crippen LogP contribution in [0.15, 0.2) is 42.5 Å². The maximum absolute atomic E-state index is 12.4. The number of ketones is 1. The van der Waals surface area contributed by atoms with Crippen molar-refractivity contribution < 1.29 is 19.1 Å². The first-order chi connectivity index (χ1) is 12.4. The number of halogens is 1. The minimum Gasteiger partial charge on any atom is -0.497 e. The minimum absolute atomic E-state index is 0.0812. The van der Waals surface area contributed by atoms with E-state index in [0.29, 0.717) is 16.3 Å². The van der Waals surface area contributed by atoms with E-state index in [0.717, 1.165) is 11.3 Å². The normalized spacial score (nSPS) is 11.5. The first-order valence-electron chi connectivity index (χ1n) is 8.24. The highest BCUT2D eigenvalue weighted by atomic mass is 35.5. The first kappa shape index (κ1) is 19.8. The average molecular weight is 376 g/mol. The Bertz CT molecular complexity index is 774. The van der Waals surface area contributed by atoms with E-state index in [2.05, 4.69) is 5.32 Å². The lowest BCUT2D eigenvalue weighted by Crippen LogP contribution is -2.27. The van der Waals surface area contributed by atoms with Gasteiger partial charge in [-0.3, -0.25) is 9.59 Å². The zero-order valence-electron chi connectivity index (χ0n) is 15.0. The second-order valence-electron chi connectivity index (χ2n) is 5.83. The second-order valence-corrected chi connectivity index (χ2v) is 6.27. The van der Waals surface area contributed by atoms with Crippen LogP contribution in [-0.4, -0.2) is 25.9 Å². The molecule has 0 aliphatic carbocycles. The molecule has 2 rings (SSSR count). The summed E-state index contributed by atoms with van der Waals surface area (Å²) in [5.41, 5.74) is 1.35. The number of nitrogens with one attached hydrogen (secondary N) is 1. The molecule has 0 saturated carbocycles. The fourth-order valence-corrected chi connectivity index (χ4v) is 2.72. The number of rotatable bonds is 8. The predicted molar refractivity (Wildman–Crippen MR) is 101 cm³/mol. The lowest BCUT2D eigenvalue weighted by Gasteiger charge is -2.15. The topological polar surface area (TPSA) is 64.6 Å². The van der Waals surface area contributed by atoms with Gasteiger partial charge in [-0.05, 0) is 42.8 Å². The molecule has 0 aromatic heterocycles. The molecule has 26 heavy (non-hydrogen) atoms. The Morgan fingerprint density at radius 2 is 1.73 bits per heavy atom. The molecular formula is C20H22ClNO4. The molecule has 0 radical (unpaired) electrons. The number of methoxy groups -OCH3 is 2. The van der Waals surface area contributed by atoms with Gasteiger partial charge in [0.1, 0.15) is 11.5 Å². The summed E-state index contributed by atoms with van der Waals surface area (Å²) in [4.78, 5) is 24.5. The summed E-state index contributed by atoms with van der Waals surface area (Å²) < 4.78 is 10.3. The summed E-state index contributed by atoms with van der Waals surface area (Å²) in [6.07, 6.45) is 0.173. The van der Waals surface area contributed by atoms with Crippen molar-refractivity contribution in [3.63, 3.8) is 0 Å². The van der Waals surface area contributed by atoms with E-state index in [1.807, 2.05) is 31.2 Å². The van der Waals surface area contributed by atoms with Crippen LogP contribution in [0.3, 0.4) is 0 Å². The van der Waals surface area contributed by atoms with Gasteiger partial charge in [0.25, 0.3) is 0 Å². The Labute approximate surface area is 158 Å². The van der Waals surface area contributed by atoms with Gasteiger partial charge in [0.15, 0.2) is 5.78 Å². The van der Waals surface area contributed by atoms with Crippen LogP contribution in [0, 0.1) is 0 Å². The van der Waals surface area contributed by atoms with Crippen LogP contribution in [0.2, 0.25) is 5.02 Å². The van der Waals surface area contributed by atoms with E-state index < -0.39 is 0 Å². The third-order valence-electron chi connectivity index (χ3n) is 4.03. The monoisotopic (exact) mass is 375 g/mol. The maximum atomic E-state index is 12.4. The number of benzene rings is 2. The second kappa shape index (κ2) is 9.25. The van der Waals surface area contributed by atoms with Gasteiger partial charge in [0.2, 0.25) is 5.91 Å². The van der Waals surface area contributed by atoms with Gasteiger partial charge in [0, 0.05) is 17.9 Å². The number of ether oxygens (including phenoxy) is 2. The van der Waals surface area contributed by atoms with Crippen molar-refractivity contribution in [3.05, 3.63) is 58.6 Å². The Kier molecular flexibility index (Phi) is 7.04. The molecule has 0 saturated heterocycles. The summed E-state index contributed by atoms with van der Waals surface area (Å²) in [5, 5.41) is 3.34. The molecule has 0 spiro atoms. The van der Waals surface area contributed by atoms with Gasteiger partial charge in [-0.25, -0.2) is 0 Å². The summed E-state index contributed by atoms with van der Waals surface area (Å²) >= 11 is 5.94. The van der Waals surface area contributed by atoms with Crippen LogP contribution in [0.4, 0.5) is 0 Å². The highest BCUT2D eigenvalue weighted by Gasteiger charge is 2.16. The van der Waals surface area contributed by atoms with Gasteiger partial charge in [-0.2, -0.15) is 0 Å². The van der Waals surface area contributed by atoms with Gasteiger partial charge in [0.05, 0.1) is 25.8 Å². The van der Waals surface area contributed by atoms with Crippen molar-refractivity contribution in [2.45, 2.75) is 25.8 Å². The predicted octanol–water partition coefficient (Wildman–Crippen LogP) is 4.20. The Balaban J connectivity index is 1.91. The standard InChI is InChI=1S/C20H22ClNO4/c1-13(14-4-7-16(25-2)8-5-14)22-20(24)11-9-18(23)17-12-15(21)6-10-19(17)26-3/h4-8,10,12-13H,9,11H2,1-3H3,(H,22,24). The van der Waals surface area contributed by atoms with E-state index in [-0.39, 0.29) is 30.6 Å². The number of hydrogen-bond acceptors (Lipinski definition) is 4. The van der Waals surface area contributed by atoms with Gasteiger partial charge >= 0.3 is 0 Å². The van der Waals surface area contributed by atoms with Crippen LogP contribution in [0.1, 0.15) is 41.7 Å². The Morgan fingerprint density at radius 1 is 1.04 bits per heavy atom. The van der Waals surface area contributed by atoms with Crippen molar-refractivity contribution in [1.82, 2.24) is 5.32 Å². The van der Waals surface area contributed by atoms with Crippen LogP contribution in [0.5, 0.6) is 11.5 Å². The highest BCUT2D eigenvalue weighted by molar-refractivity contribution is 6.31. The molecule has 1 N–H and O–H groups in total. The van der Waals surface area contributed by atoms with Crippen molar-refractivity contribution in [1.29, 1.82) is 0 Å². The quantitative estimate of drug-likeness (QED) is 0.702. The van der Waals surface area contributed by atoms with Crippen molar-refractivity contribution >= 4 is 23.3 Å². The number of carbonyl (C=O) groups excluding carboxylic acids is 2. The average Bonchev–Trinajstić information content (AvgIpc) is 2.66. The smallest absolute Gasteiger partial charge is 0.220 e. The third kappa shape index (κ3) is 5.23. The molecule has 138 valence electrons. The van der Waals surface area contributed by atoms with Crippen molar-refractivity contribution in [2.75, 3.05) is 14.2 Å². The van der Waals surface area contributed by atoms with E-state index in [4.69, 9.17) is 21.1 Å². The highest BCUT2D eigenvalue weighted by Crippen LogP contribution is 2.24. The molecule has 0 aliphatic heterocycles. The number of amides is 1. The molecule has 2 aromatic carbocycles. The largest absolute Gasteiger partial charge is 0.497 e. The summed E-state index contributed by atoms with van der Waals surface area (Å²) in [5.74, 6) is 0.832. The van der Waals surface area contributed by atoms with E-state index in [1.165, 1.54) is 7.11 Å². The molecule has 0 aliphatic rings. The van der Waals surface area contributed by atoms with E-state index >= 15 is 0 Å². The fraction of sp³-hybridized carbons (Fsp3) is 0.300. The van der Waals surface area contributed by atoms with E-state index in [1.54, 1.807) is 25.3 Å².